The number of fused-ring (bicyclic) bond motifs is 1. The molecule has 0 fully saturated rings. The van der Waals surface area contributed by atoms with Crippen molar-refractivity contribution in [2.45, 2.75) is 39.3 Å². The molecule has 128 valence electrons. The van der Waals surface area contributed by atoms with E-state index in [0.29, 0.717) is 12.3 Å². The van der Waals surface area contributed by atoms with Crippen LogP contribution in [0.2, 0.25) is 0 Å². The maximum atomic E-state index is 12.3. The van der Waals surface area contributed by atoms with E-state index >= 15 is 0 Å². The van der Waals surface area contributed by atoms with Gasteiger partial charge in [0.15, 0.2) is 18.1 Å². The van der Waals surface area contributed by atoms with Crippen LogP contribution >= 0.6 is 11.3 Å². The quantitative estimate of drug-likeness (QED) is 0.827. The first-order chi connectivity index (χ1) is 11.4. The largest absolute Gasteiger partial charge is 0.483 e. The Morgan fingerprint density at radius 3 is 2.88 bits per heavy atom. The van der Waals surface area contributed by atoms with E-state index in [1.54, 1.807) is 23.3 Å². The van der Waals surface area contributed by atoms with E-state index in [9.17, 15) is 4.79 Å². The zero-order valence-electron chi connectivity index (χ0n) is 14.6. The first-order valence-corrected chi connectivity index (χ1v) is 8.94. The van der Waals surface area contributed by atoms with Crippen LogP contribution in [0.1, 0.15) is 29.9 Å². The van der Waals surface area contributed by atoms with Gasteiger partial charge in [0.1, 0.15) is 5.60 Å². The van der Waals surface area contributed by atoms with Crippen LogP contribution in [0.5, 0.6) is 11.5 Å². The van der Waals surface area contributed by atoms with Crippen molar-refractivity contribution in [3.05, 3.63) is 45.6 Å². The summed E-state index contributed by atoms with van der Waals surface area (Å²) in [6.07, 6.45) is 0.852. The summed E-state index contributed by atoms with van der Waals surface area (Å²) >= 11 is 1.67. The molecule has 0 radical (unpaired) electrons. The van der Waals surface area contributed by atoms with Gasteiger partial charge in [0.25, 0.3) is 5.91 Å². The van der Waals surface area contributed by atoms with Crippen LogP contribution in [-0.2, 0) is 17.8 Å². The third-order valence-corrected chi connectivity index (χ3v) is 5.19. The van der Waals surface area contributed by atoms with E-state index in [1.165, 1.54) is 10.4 Å². The lowest BCUT2D eigenvalue weighted by molar-refractivity contribution is -0.132. The summed E-state index contributed by atoms with van der Waals surface area (Å²) < 4.78 is 11.7. The molecule has 0 N–H and O–H groups in total. The number of ether oxygens (including phenoxy) is 2. The van der Waals surface area contributed by atoms with Crippen LogP contribution in [0.25, 0.3) is 0 Å². The van der Waals surface area contributed by atoms with E-state index < -0.39 is 0 Å². The number of nitrogens with zero attached hydrogens (tertiary/aromatic N) is 1. The summed E-state index contributed by atoms with van der Waals surface area (Å²) in [6, 6.07) is 7.92. The lowest BCUT2D eigenvalue weighted by atomic mass is 10.0. The molecule has 5 heteroatoms. The van der Waals surface area contributed by atoms with Crippen molar-refractivity contribution in [3.63, 3.8) is 0 Å². The minimum Gasteiger partial charge on any atom is -0.483 e. The van der Waals surface area contributed by atoms with Crippen LogP contribution in [0.3, 0.4) is 0 Å². The van der Waals surface area contributed by atoms with Gasteiger partial charge < -0.3 is 14.4 Å². The molecule has 2 heterocycles. The van der Waals surface area contributed by atoms with Crippen molar-refractivity contribution < 1.29 is 14.3 Å². The van der Waals surface area contributed by atoms with Crippen molar-refractivity contribution in [3.8, 4) is 11.5 Å². The minimum absolute atomic E-state index is 0.0150. The number of carbonyl (C=O) groups is 1. The Labute approximate surface area is 147 Å². The molecular formula is C19H23NO3S. The van der Waals surface area contributed by atoms with Crippen LogP contribution < -0.4 is 9.47 Å². The first kappa shape index (κ1) is 16.8. The smallest absolute Gasteiger partial charge is 0.260 e. The summed E-state index contributed by atoms with van der Waals surface area (Å²) in [5, 5.41) is 2.05. The number of para-hydroxylation sites is 1. The number of amides is 1. The molecule has 0 bridgehead atoms. The van der Waals surface area contributed by atoms with Crippen molar-refractivity contribution >= 4 is 17.2 Å². The maximum absolute atomic E-state index is 12.3. The molecule has 0 saturated carbocycles. The second-order valence-electron chi connectivity index (χ2n) is 6.85. The Morgan fingerprint density at radius 1 is 1.38 bits per heavy atom. The van der Waals surface area contributed by atoms with Crippen molar-refractivity contribution in [2.75, 3.05) is 13.7 Å². The van der Waals surface area contributed by atoms with E-state index in [2.05, 4.69) is 26.8 Å². The normalized spacial score (nSPS) is 14.8. The number of carbonyl (C=O) groups excluding carboxylic acids is 1. The van der Waals surface area contributed by atoms with Gasteiger partial charge >= 0.3 is 0 Å². The van der Waals surface area contributed by atoms with Gasteiger partial charge in [0.05, 0.1) is 6.54 Å². The number of likely N-dealkylation sites (N-methyl/N-ethyl adjacent to an activating group) is 1. The molecule has 0 unspecified atom stereocenters. The van der Waals surface area contributed by atoms with Crippen LogP contribution in [0.15, 0.2) is 29.6 Å². The number of hydrogen-bond donors (Lipinski definition) is 0. The van der Waals surface area contributed by atoms with E-state index in [0.717, 1.165) is 17.7 Å². The maximum Gasteiger partial charge on any atom is 0.260 e. The van der Waals surface area contributed by atoms with Gasteiger partial charge in [-0.05, 0) is 43.8 Å². The second kappa shape index (κ2) is 6.48. The molecule has 3 rings (SSSR count). The fraction of sp³-hybridized carbons (Fsp3) is 0.421. The first-order valence-electron chi connectivity index (χ1n) is 8.06. The number of benzene rings is 1. The highest BCUT2D eigenvalue weighted by Gasteiger charge is 2.32. The Hall–Kier alpha value is -2.01. The summed E-state index contributed by atoms with van der Waals surface area (Å²) in [5.41, 5.74) is 2.13. The molecule has 1 amide bonds. The van der Waals surface area contributed by atoms with Crippen molar-refractivity contribution in [1.82, 2.24) is 4.90 Å². The molecule has 0 atom stereocenters. The summed E-state index contributed by atoms with van der Waals surface area (Å²) in [4.78, 5) is 15.3. The van der Waals surface area contributed by atoms with Gasteiger partial charge in [-0.25, -0.2) is 0 Å². The summed E-state index contributed by atoms with van der Waals surface area (Å²) in [7, 11) is 1.81. The molecule has 1 aliphatic rings. The van der Waals surface area contributed by atoms with E-state index in [4.69, 9.17) is 9.47 Å². The molecule has 1 aliphatic heterocycles. The average molecular weight is 345 g/mol. The number of hydrogen-bond acceptors (Lipinski definition) is 4. The SMILES string of the molecule is Cc1ccsc1CN(C)C(=O)COc1cccc2c1OC(C)(C)C2. The van der Waals surface area contributed by atoms with Gasteiger partial charge in [0, 0.05) is 23.9 Å². The highest BCUT2D eigenvalue weighted by Crippen LogP contribution is 2.41. The Kier molecular flexibility index (Phi) is 4.54. The molecule has 1 aromatic carbocycles. The number of aryl methyl sites for hydroxylation is 1. The number of rotatable bonds is 5. The van der Waals surface area contributed by atoms with Gasteiger partial charge in [-0.3, -0.25) is 4.79 Å². The van der Waals surface area contributed by atoms with Gasteiger partial charge in [0.2, 0.25) is 0 Å². The molecule has 0 saturated heterocycles. The zero-order chi connectivity index (χ0) is 17.3. The Balaban J connectivity index is 1.61. The van der Waals surface area contributed by atoms with Crippen molar-refractivity contribution in [1.29, 1.82) is 0 Å². The standard InChI is InChI=1S/C19H23NO3S/c1-13-8-9-24-16(13)11-20(4)17(21)12-22-15-7-5-6-14-10-19(2,3)23-18(14)15/h5-9H,10-12H2,1-4H3. The average Bonchev–Trinajstić information content (AvgIpc) is 3.06. The molecule has 4 nitrogen and oxygen atoms in total. The Bertz CT molecular complexity index is 751. The van der Waals surface area contributed by atoms with E-state index in [1.807, 2.05) is 23.6 Å². The summed E-state index contributed by atoms with van der Waals surface area (Å²) in [5.74, 6) is 1.37. The zero-order valence-corrected chi connectivity index (χ0v) is 15.4. The third-order valence-electron chi connectivity index (χ3n) is 4.18. The minimum atomic E-state index is -0.223. The van der Waals surface area contributed by atoms with Crippen LogP contribution in [0.4, 0.5) is 0 Å². The summed E-state index contributed by atoms with van der Waals surface area (Å²) in [6.45, 7) is 6.80. The van der Waals surface area contributed by atoms with Crippen LogP contribution in [-0.4, -0.2) is 30.1 Å². The molecule has 0 spiro atoms. The fourth-order valence-electron chi connectivity index (χ4n) is 2.82. The van der Waals surface area contributed by atoms with Crippen molar-refractivity contribution in [2.24, 2.45) is 0 Å². The predicted molar refractivity (Wildman–Crippen MR) is 95.9 cm³/mol. The lowest BCUT2D eigenvalue weighted by Gasteiger charge is -2.19. The lowest BCUT2D eigenvalue weighted by Crippen LogP contribution is -2.31. The molecule has 2 aromatic rings. The van der Waals surface area contributed by atoms with Gasteiger partial charge in [-0.2, -0.15) is 0 Å². The molecule has 1 aromatic heterocycles. The Morgan fingerprint density at radius 2 is 2.17 bits per heavy atom. The highest BCUT2D eigenvalue weighted by atomic mass is 32.1. The molecule has 0 aliphatic carbocycles. The van der Waals surface area contributed by atoms with Gasteiger partial charge in [-0.15, -0.1) is 11.3 Å². The second-order valence-corrected chi connectivity index (χ2v) is 7.85. The third kappa shape index (κ3) is 3.56. The predicted octanol–water partition coefficient (Wildman–Crippen LogP) is 3.81. The van der Waals surface area contributed by atoms with E-state index in [-0.39, 0.29) is 18.1 Å². The fourth-order valence-corrected chi connectivity index (χ4v) is 3.78. The molecule has 24 heavy (non-hydrogen) atoms. The monoisotopic (exact) mass is 345 g/mol. The van der Waals surface area contributed by atoms with Crippen LogP contribution in [0, 0.1) is 6.92 Å². The topological polar surface area (TPSA) is 38.8 Å². The van der Waals surface area contributed by atoms with Gasteiger partial charge in [-0.1, -0.05) is 12.1 Å². The highest BCUT2D eigenvalue weighted by molar-refractivity contribution is 7.10. The molecular weight excluding hydrogens is 322 g/mol. The number of thiophene rings is 1.